The Kier molecular flexibility index (Phi) is 6.60. The van der Waals surface area contributed by atoms with Crippen LogP contribution < -0.4 is 0 Å². The van der Waals surface area contributed by atoms with Crippen LogP contribution in [0.25, 0.3) is 65.4 Å². The van der Waals surface area contributed by atoms with Gasteiger partial charge in [0.05, 0.1) is 5.52 Å². The molecule has 0 saturated carbocycles. The van der Waals surface area contributed by atoms with E-state index in [2.05, 4.69) is 169 Å². The van der Waals surface area contributed by atoms with Gasteiger partial charge in [0, 0.05) is 32.3 Å². The third-order valence-electron chi connectivity index (χ3n) is 10.9. The average molecular weight is 646 g/mol. The van der Waals surface area contributed by atoms with Gasteiger partial charge in [0.2, 0.25) is 0 Å². The van der Waals surface area contributed by atoms with Crippen molar-refractivity contribution in [2.24, 2.45) is 0 Å². The zero-order chi connectivity index (χ0) is 32.5. The van der Waals surface area contributed by atoms with Gasteiger partial charge in [0.1, 0.15) is 0 Å². The number of para-hydroxylation sites is 1. The van der Waals surface area contributed by atoms with Gasteiger partial charge in [-0.15, -0.1) is 11.3 Å². The molecule has 2 aliphatic carbocycles. The highest BCUT2D eigenvalue weighted by molar-refractivity contribution is 7.22. The van der Waals surface area contributed by atoms with Crippen LogP contribution in [0.5, 0.6) is 0 Å². The highest BCUT2D eigenvalue weighted by Crippen LogP contribution is 2.51. The molecule has 49 heavy (non-hydrogen) atoms. The smallest absolute Gasteiger partial charge is 0.0538 e. The molecule has 0 amide bonds. The van der Waals surface area contributed by atoms with E-state index in [0.29, 0.717) is 11.8 Å². The van der Waals surface area contributed by atoms with E-state index in [9.17, 15) is 0 Å². The van der Waals surface area contributed by atoms with Crippen molar-refractivity contribution >= 4 is 38.4 Å². The molecule has 2 aliphatic rings. The van der Waals surface area contributed by atoms with E-state index >= 15 is 0 Å². The third kappa shape index (κ3) is 4.59. The van der Waals surface area contributed by atoms with E-state index < -0.39 is 0 Å². The van der Waals surface area contributed by atoms with Crippen LogP contribution in [0.3, 0.4) is 0 Å². The standard InChI is InChI=1S/C47H35NS/c1-30-37-25-23-33(34-24-26-44-42(28-34)39-15-8-9-17-43(39)48(44)36-12-3-2-4-13-36)27-41(37)38-14-6-7-16-40(38)47(30)32-21-19-31(20-22-32)46-29-35-11-5-10-18-45(35)49-46/h2-7,9-14,16-30,47H,8,15H2,1H3/t30-,47?/m0/s1. The number of benzene rings is 6. The van der Waals surface area contributed by atoms with Gasteiger partial charge < -0.3 is 4.57 Å². The van der Waals surface area contributed by atoms with Crippen molar-refractivity contribution in [3.8, 4) is 38.4 Å². The molecule has 10 rings (SSSR count). The number of allylic oxidation sites excluding steroid dienone is 1. The van der Waals surface area contributed by atoms with Crippen molar-refractivity contribution in [1.29, 1.82) is 0 Å². The van der Waals surface area contributed by atoms with Crippen LogP contribution in [-0.4, -0.2) is 4.57 Å². The fourth-order valence-electron chi connectivity index (χ4n) is 8.55. The van der Waals surface area contributed by atoms with E-state index in [1.807, 2.05) is 11.3 Å². The van der Waals surface area contributed by atoms with E-state index in [4.69, 9.17) is 0 Å². The molecule has 0 fully saturated rings. The Hall–Kier alpha value is -5.44. The van der Waals surface area contributed by atoms with Crippen LogP contribution in [0.1, 0.15) is 53.1 Å². The predicted octanol–water partition coefficient (Wildman–Crippen LogP) is 13.1. The first-order valence-corrected chi connectivity index (χ1v) is 18.2. The number of fused-ring (bicyclic) bond motifs is 7. The molecule has 1 nitrogen and oxygen atoms in total. The zero-order valence-electron chi connectivity index (χ0n) is 27.4. The second-order valence-electron chi connectivity index (χ2n) is 13.6. The van der Waals surface area contributed by atoms with Crippen molar-refractivity contribution < 1.29 is 0 Å². The fourth-order valence-corrected chi connectivity index (χ4v) is 9.61. The molecule has 2 atom stereocenters. The number of aryl methyl sites for hydroxylation is 1. The Morgan fingerprint density at radius 1 is 0.633 bits per heavy atom. The zero-order valence-corrected chi connectivity index (χ0v) is 28.3. The highest BCUT2D eigenvalue weighted by Gasteiger charge is 2.32. The molecule has 2 aromatic heterocycles. The summed E-state index contributed by atoms with van der Waals surface area (Å²) in [6.45, 7) is 2.41. The van der Waals surface area contributed by atoms with Gasteiger partial charge in [-0.1, -0.05) is 116 Å². The first kappa shape index (κ1) is 28.6. The number of rotatable bonds is 4. The van der Waals surface area contributed by atoms with Crippen molar-refractivity contribution in [3.63, 3.8) is 0 Å². The summed E-state index contributed by atoms with van der Waals surface area (Å²) in [7, 11) is 0. The van der Waals surface area contributed by atoms with Gasteiger partial charge in [-0.3, -0.25) is 0 Å². The van der Waals surface area contributed by atoms with E-state index in [-0.39, 0.29) is 0 Å². The van der Waals surface area contributed by atoms with Gasteiger partial charge >= 0.3 is 0 Å². The molecular weight excluding hydrogens is 611 g/mol. The maximum atomic E-state index is 2.45. The number of aromatic nitrogens is 1. The van der Waals surface area contributed by atoms with E-state index in [0.717, 1.165) is 12.8 Å². The summed E-state index contributed by atoms with van der Waals surface area (Å²) in [4.78, 5) is 1.33. The molecule has 0 aliphatic heterocycles. The van der Waals surface area contributed by atoms with Gasteiger partial charge in [0.15, 0.2) is 0 Å². The molecule has 234 valence electrons. The van der Waals surface area contributed by atoms with Crippen LogP contribution >= 0.6 is 11.3 Å². The summed E-state index contributed by atoms with van der Waals surface area (Å²) in [6, 6.07) is 54.5. The maximum Gasteiger partial charge on any atom is 0.0538 e. The minimum absolute atomic E-state index is 0.305. The molecular formula is C47H35NS. The number of thiophene rings is 1. The van der Waals surface area contributed by atoms with Crippen molar-refractivity contribution in [1.82, 2.24) is 4.57 Å². The van der Waals surface area contributed by atoms with Crippen LogP contribution in [0.4, 0.5) is 0 Å². The van der Waals surface area contributed by atoms with Crippen molar-refractivity contribution in [2.75, 3.05) is 0 Å². The summed E-state index contributed by atoms with van der Waals surface area (Å²) in [5, 5.41) is 2.69. The predicted molar refractivity (Wildman–Crippen MR) is 209 cm³/mol. The monoisotopic (exact) mass is 645 g/mol. The number of hydrogen-bond donors (Lipinski definition) is 0. The largest absolute Gasteiger partial charge is 0.310 e. The Morgan fingerprint density at radius 3 is 2.27 bits per heavy atom. The van der Waals surface area contributed by atoms with Crippen LogP contribution in [0.15, 0.2) is 152 Å². The Balaban J connectivity index is 1.04. The molecule has 0 bridgehead atoms. The molecule has 6 aromatic carbocycles. The maximum absolute atomic E-state index is 2.45. The first-order valence-electron chi connectivity index (χ1n) is 17.4. The van der Waals surface area contributed by atoms with E-state index in [1.165, 1.54) is 87.3 Å². The quantitative estimate of drug-likeness (QED) is 0.179. The lowest BCUT2D eigenvalue weighted by Gasteiger charge is -2.34. The minimum Gasteiger partial charge on any atom is -0.310 e. The SMILES string of the molecule is C[C@H]1c2ccc(-c3ccc4c(c3)c3c(n4-c4ccccc4)C=CCC3)cc2-c2ccccc2C1c1ccc(-c2cc3ccccc3s2)cc1. The van der Waals surface area contributed by atoms with Crippen LogP contribution in [-0.2, 0) is 6.42 Å². The van der Waals surface area contributed by atoms with Gasteiger partial charge in [-0.2, -0.15) is 0 Å². The lowest BCUT2D eigenvalue weighted by atomic mass is 9.69. The number of nitrogens with zero attached hydrogens (tertiary/aromatic N) is 1. The second kappa shape index (κ2) is 11.3. The Labute approximate surface area is 291 Å². The van der Waals surface area contributed by atoms with Crippen molar-refractivity contribution in [3.05, 3.63) is 180 Å². The summed E-state index contributed by atoms with van der Waals surface area (Å²) in [5.74, 6) is 0.662. The second-order valence-corrected chi connectivity index (χ2v) is 14.7. The lowest BCUT2D eigenvalue weighted by molar-refractivity contribution is 0.650. The summed E-state index contributed by atoms with van der Waals surface area (Å²) >= 11 is 1.87. The fraction of sp³-hybridized carbons (Fsp3) is 0.106. The lowest BCUT2D eigenvalue weighted by Crippen LogP contribution is -2.17. The molecule has 0 N–H and O–H groups in total. The molecule has 8 aromatic rings. The van der Waals surface area contributed by atoms with Gasteiger partial charge in [-0.25, -0.2) is 0 Å². The van der Waals surface area contributed by atoms with Crippen LogP contribution in [0.2, 0.25) is 0 Å². The average Bonchev–Trinajstić information content (AvgIpc) is 3.75. The minimum atomic E-state index is 0.305. The van der Waals surface area contributed by atoms with Crippen LogP contribution in [0, 0.1) is 0 Å². The molecule has 1 unspecified atom stereocenters. The summed E-state index contributed by atoms with van der Waals surface area (Å²) < 4.78 is 3.78. The molecule has 0 radical (unpaired) electrons. The highest BCUT2D eigenvalue weighted by atomic mass is 32.1. The Morgan fingerprint density at radius 2 is 1.39 bits per heavy atom. The topological polar surface area (TPSA) is 4.93 Å². The number of hydrogen-bond acceptors (Lipinski definition) is 1. The molecule has 0 spiro atoms. The van der Waals surface area contributed by atoms with E-state index in [1.54, 1.807) is 0 Å². The normalized spacial score (nSPS) is 16.4. The third-order valence-corrected chi connectivity index (χ3v) is 12.1. The molecule has 2 heteroatoms. The molecule has 2 heterocycles. The molecule has 0 saturated heterocycles. The van der Waals surface area contributed by atoms with Gasteiger partial charge in [-0.05, 0) is 123 Å². The summed E-state index contributed by atoms with van der Waals surface area (Å²) in [5.41, 5.74) is 16.1. The Bertz CT molecular complexity index is 2530. The van der Waals surface area contributed by atoms with Crippen molar-refractivity contribution in [2.45, 2.75) is 31.6 Å². The first-order chi connectivity index (χ1) is 24.2. The van der Waals surface area contributed by atoms with Gasteiger partial charge in [0.25, 0.3) is 0 Å². The summed E-state index contributed by atoms with van der Waals surface area (Å²) in [6.07, 6.45) is 6.80.